The molecule has 3 rings (SSSR count). The molecule has 1 aromatic rings. The highest BCUT2D eigenvalue weighted by atomic mass is 16.5. The third kappa shape index (κ3) is 2.83. The van der Waals surface area contributed by atoms with Gasteiger partial charge in [0.15, 0.2) is 0 Å². The fraction of sp³-hybridized carbons (Fsp3) is 0.611. The van der Waals surface area contributed by atoms with Crippen LogP contribution in [0.15, 0.2) is 24.3 Å². The highest BCUT2D eigenvalue weighted by Gasteiger charge is 2.55. The van der Waals surface area contributed by atoms with Crippen molar-refractivity contribution in [1.82, 2.24) is 5.32 Å². The Hall–Kier alpha value is -1.59. The van der Waals surface area contributed by atoms with Crippen molar-refractivity contribution >= 4 is 5.91 Å². The lowest BCUT2D eigenvalue weighted by molar-refractivity contribution is -0.136. The molecule has 1 heterocycles. The van der Waals surface area contributed by atoms with Gasteiger partial charge in [0.1, 0.15) is 5.75 Å². The molecule has 23 heavy (non-hydrogen) atoms. The molecule has 0 radical (unpaired) electrons. The Morgan fingerprint density at radius 2 is 2.09 bits per heavy atom. The number of methoxy groups -OCH3 is 1. The van der Waals surface area contributed by atoms with Crippen LogP contribution in [0.1, 0.15) is 31.7 Å². The van der Waals surface area contributed by atoms with E-state index in [1.54, 1.807) is 7.11 Å². The van der Waals surface area contributed by atoms with Gasteiger partial charge in [-0.25, -0.2) is 0 Å². The topological polar surface area (TPSA) is 73.6 Å². The van der Waals surface area contributed by atoms with Crippen LogP contribution >= 0.6 is 0 Å². The van der Waals surface area contributed by atoms with Gasteiger partial charge in [0, 0.05) is 36.8 Å². The van der Waals surface area contributed by atoms with Crippen LogP contribution in [0.4, 0.5) is 0 Å². The molecule has 126 valence electrons. The quantitative estimate of drug-likeness (QED) is 0.865. The van der Waals surface area contributed by atoms with Crippen LogP contribution in [-0.2, 0) is 14.9 Å². The zero-order valence-electron chi connectivity index (χ0n) is 13.9. The fourth-order valence-electron chi connectivity index (χ4n) is 3.59. The van der Waals surface area contributed by atoms with Gasteiger partial charge in [-0.3, -0.25) is 4.79 Å². The molecule has 1 aromatic carbocycles. The van der Waals surface area contributed by atoms with E-state index in [-0.39, 0.29) is 17.4 Å². The molecule has 1 aliphatic carbocycles. The van der Waals surface area contributed by atoms with E-state index in [0.717, 1.165) is 17.7 Å². The van der Waals surface area contributed by atoms with E-state index in [4.69, 9.17) is 15.2 Å². The summed E-state index contributed by atoms with van der Waals surface area (Å²) in [4.78, 5) is 12.8. The molecular weight excluding hydrogens is 292 g/mol. The molecule has 2 unspecified atom stereocenters. The van der Waals surface area contributed by atoms with Crippen LogP contribution in [0.25, 0.3) is 0 Å². The van der Waals surface area contributed by atoms with Gasteiger partial charge < -0.3 is 20.5 Å². The van der Waals surface area contributed by atoms with Crippen molar-refractivity contribution in [2.24, 2.45) is 11.1 Å². The highest BCUT2D eigenvalue weighted by molar-refractivity contribution is 5.84. The van der Waals surface area contributed by atoms with Crippen molar-refractivity contribution in [3.8, 4) is 5.75 Å². The third-order valence-corrected chi connectivity index (χ3v) is 5.59. The molecule has 0 aromatic heterocycles. The largest absolute Gasteiger partial charge is 0.496 e. The van der Waals surface area contributed by atoms with E-state index >= 15 is 0 Å². The number of ether oxygens (including phenoxy) is 2. The monoisotopic (exact) mass is 318 g/mol. The van der Waals surface area contributed by atoms with E-state index < -0.39 is 5.41 Å². The highest BCUT2D eigenvalue weighted by Crippen LogP contribution is 2.51. The number of carbonyl (C=O) groups excluding carboxylic acids is 1. The molecule has 3 N–H and O–H groups in total. The van der Waals surface area contributed by atoms with E-state index in [1.165, 1.54) is 0 Å². The maximum absolute atomic E-state index is 12.8. The van der Waals surface area contributed by atoms with Crippen molar-refractivity contribution < 1.29 is 14.3 Å². The first kappa shape index (κ1) is 16.3. The van der Waals surface area contributed by atoms with Gasteiger partial charge in [-0.05, 0) is 25.3 Å². The maximum Gasteiger partial charge on any atom is 0.227 e. The first-order valence-electron chi connectivity index (χ1n) is 8.28. The van der Waals surface area contributed by atoms with E-state index in [1.807, 2.05) is 18.2 Å². The van der Waals surface area contributed by atoms with Crippen molar-refractivity contribution in [3.05, 3.63) is 29.8 Å². The predicted octanol–water partition coefficient (Wildman–Crippen LogP) is 1.60. The second-order valence-electron chi connectivity index (χ2n) is 6.94. The van der Waals surface area contributed by atoms with Crippen molar-refractivity contribution in [2.45, 2.75) is 37.6 Å². The summed E-state index contributed by atoms with van der Waals surface area (Å²) in [6, 6.07) is 8.17. The fourth-order valence-corrected chi connectivity index (χ4v) is 3.59. The van der Waals surface area contributed by atoms with Gasteiger partial charge in [-0.2, -0.15) is 0 Å². The van der Waals surface area contributed by atoms with Gasteiger partial charge in [0.05, 0.1) is 12.5 Å². The molecule has 2 aliphatic rings. The van der Waals surface area contributed by atoms with E-state index in [2.05, 4.69) is 18.3 Å². The smallest absolute Gasteiger partial charge is 0.227 e. The third-order valence-electron chi connectivity index (χ3n) is 5.59. The molecular formula is C18H26N2O3. The summed E-state index contributed by atoms with van der Waals surface area (Å²) in [7, 11) is 1.68. The lowest BCUT2D eigenvalue weighted by atomic mass is 9.79. The van der Waals surface area contributed by atoms with Gasteiger partial charge in [0.25, 0.3) is 0 Å². The summed E-state index contributed by atoms with van der Waals surface area (Å²) in [6.07, 6.45) is 2.33. The average molecular weight is 318 g/mol. The van der Waals surface area contributed by atoms with Gasteiger partial charge in [0.2, 0.25) is 5.91 Å². The normalized spacial score (nSPS) is 28.9. The first-order chi connectivity index (χ1) is 11.1. The summed E-state index contributed by atoms with van der Waals surface area (Å²) in [5, 5.41) is 3.23. The minimum Gasteiger partial charge on any atom is -0.496 e. The molecule has 2 atom stereocenters. The van der Waals surface area contributed by atoms with Gasteiger partial charge in [-0.15, -0.1) is 0 Å². The Morgan fingerprint density at radius 3 is 2.74 bits per heavy atom. The summed E-state index contributed by atoms with van der Waals surface area (Å²) in [6.45, 7) is 3.77. The van der Waals surface area contributed by atoms with Crippen LogP contribution in [0.2, 0.25) is 0 Å². The maximum atomic E-state index is 12.8. The van der Waals surface area contributed by atoms with Crippen molar-refractivity contribution in [3.63, 3.8) is 0 Å². The molecule has 2 fully saturated rings. The summed E-state index contributed by atoms with van der Waals surface area (Å²) < 4.78 is 10.9. The SMILES string of the molecule is COc1ccccc1C1(C)CC1NC(=O)C1(CN)CCOCC1. The second kappa shape index (κ2) is 6.13. The van der Waals surface area contributed by atoms with Gasteiger partial charge >= 0.3 is 0 Å². The van der Waals surface area contributed by atoms with Crippen molar-refractivity contribution in [2.75, 3.05) is 26.9 Å². The lowest BCUT2D eigenvalue weighted by Crippen LogP contribution is -2.50. The molecule has 0 bridgehead atoms. The molecule has 5 nitrogen and oxygen atoms in total. The number of rotatable bonds is 5. The second-order valence-corrected chi connectivity index (χ2v) is 6.94. The summed E-state index contributed by atoms with van der Waals surface area (Å²) in [5.41, 5.74) is 6.54. The van der Waals surface area contributed by atoms with E-state index in [0.29, 0.717) is 32.6 Å². The Kier molecular flexibility index (Phi) is 4.34. The first-order valence-corrected chi connectivity index (χ1v) is 8.28. The van der Waals surface area contributed by atoms with Crippen molar-refractivity contribution in [1.29, 1.82) is 0 Å². The standard InChI is InChI=1S/C18H26N2O3/c1-17(13-5-3-4-6-14(13)22-2)11-15(17)20-16(21)18(12-19)7-9-23-10-8-18/h3-6,15H,7-12,19H2,1-2H3,(H,20,21). The number of nitrogens with two attached hydrogens (primary N) is 1. The molecule has 1 saturated heterocycles. The van der Waals surface area contributed by atoms with Gasteiger partial charge in [-0.1, -0.05) is 25.1 Å². The summed E-state index contributed by atoms with van der Waals surface area (Å²) in [5.74, 6) is 0.957. The number of hydrogen-bond acceptors (Lipinski definition) is 4. The van der Waals surface area contributed by atoms with Crippen LogP contribution in [-0.4, -0.2) is 38.8 Å². The Bertz CT molecular complexity index is 583. The number of para-hydroxylation sites is 1. The number of amides is 1. The Balaban J connectivity index is 1.71. The van der Waals surface area contributed by atoms with Crippen LogP contribution < -0.4 is 15.8 Å². The average Bonchev–Trinajstić information content (AvgIpc) is 3.26. The van der Waals surface area contributed by atoms with Crippen LogP contribution in [0.5, 0.6) is 5.75 Å². The Morgan fingerprint density at radius 1 is 1.39 bits per heavy atom. The number of benzene rings is 1. The Labute approximate surface area is 137 Å². The minimum absolute atomic E-state index is 0.0663. The molecule has 0 spiro atoms. The van der Waals surface area contributed by atoms with E-state index in [9.17, 15) is 4.79 Å². The number of carbonyl (C=O) groups is 1. The molecule has 5 heteroatoms. The zero-order chi connectivity index (χ0) is 16.5. The minimum atomic E-state index is -0.470. The lowest BCUT2D eigenvalue weighted by Gasteiger charge is -2.34. The summed E-state index contributed by atoms with van der Waals surface area (Å²) >= 11 is 0. The molecule has 1 saturated carbocycles. The molecule has 1 amide bonds. The van der Waals surface area contributed by atoms with Crippen LogP contribution in [0, 0.1) is 5.41 Å². The number of nitrogens with one attached hydrogen (secondary N) is 1. The zero-order valence-corrected chi connectivity index (χ0v) is 13.9. The predicted molar refractivity (Wildman–Crippen MR) is 88.4 cm³/mol. The number of hydrogen-bond donors (Lipinski definition) is 2. The van der Waals surface area contributed by atoms with Crippen LogP contribution in [0.3, 0.4) is 0 Å². The molecule has 1 aliphatic heterocycles.